The second-order valence-corrected chi connectivity index (χ2v) is 6.19. The first-order chi connectivity index (χ1) is 12.8. The minimum atomic E-state index is -0.852. The van der Waals surface area contributed by atoms with Gasteiger partial charge in [0.1, 0.15) is 11.4 Å². The molecule has 27 heavy (non-hydrogen) atoms. The number of phenols is 1. The molecule has 0 aromatic heterocycles. The number of nitro benzene ring substituents is 2. The van der Waals surface area contributed by atoms with E-state index in [2.05, 4.69) is 5.10 Å². The molecule has 0 saturated carbocycles. The standard InChI is InChI=1S/C17H16N4O6/c1-10(2)16-18-19(17(27-16)11-4-3-5-13(22)8-11)14-7-6-12(20(23)24)9-15(14)21(25)26/h3-10,17,22H,1-2H3. The van der Waals surface area contributed by atoms with Crippen molar-refractivity contribution in [3.8, 4) is 5.75 Å². The molecule has 2 aromatic carbocycles. The third-order valence-corrected chi connectivity index (χ3v) is 3.92. The maximum atomic E-state index is 11.5. The first kappa shape index (κ1) is 18.1. The maximum Gasteiger partial charge on any atom is 0.301 e. The van der Waals surface area contributed by atoms with Crippen LogP contribution < -0.4 is 5.01 Å². The summed E-state index contributed by atoms with van der Waals surface area (Å²) in [5.74, 6) is 0.273. The van der Waals surface area contributed by atoms with Crippen molar-refractivity contribution in [1.29, 1.82) is 0 Å². The van der Waals surface area contributed by atoms with E-state index in [1.807, 2.05) is 13.8 Å². The van der Waals surface area contributed by atoms with Crippen molar-refractivity contribution in [2.24, 2.45) is 11.0 Å². The number of rotatable bonds is 5. The van der Waals surface area contributed by atoms with Crippen molar-refractivity contribution in [3.05, 3.63) is 68.3 Å². The van der Waals surface area contributed by atoms with E-state index in [1.165, 1.54) is 29.3 Å². The van der Waals surface area contributed by atoms with E-state index in [4.69, 9.17) is 4.74 Å². The smallest absolute Gasteiger partial charge is 0.301 e. The molecular formula is C17H16N4O6. The summed E-state index contributed by atoms with van der Waals surface area (Å²) in [4.78, 5) is 21.1. The van der Waals surface area contributed by atoms with Gasteiger partial charge in [0.15, 0.2) is 0 Å². The lowest BCUT2D eigenvalue weighted by molar-refractivity contribution is -0.393. The Morgan fingerprint density at radius 2 is 1.89 bits per heavy atom. The second-order valence-electron chi connectivity index (χ2n) is 6.19. The van der Waals surface area contributed by atoms with Gasteiger partial charge in [-0.1, -0.05) is 26.0 Å². The Bertz CT molecular complexity index is 943. The average molecular weight is 372 g/mol. The number of hydrogen-bond acceptors (Lipinski definition) is 8. The van der Waals surface area contributed by atoms with Crippen LogP contribution in [0.2, 0.25) is 0 Å². The molecule has 0 bridgehead atoms. The molecule has 1 atom stereocenters. The fourth-order valence-electron chi connectivity index (χ4n) is 2.63. The second kappa shape index (κ2) is 6.90. The molecule has 0 saturated heterocycles. The Balaban J connectivity index is 2.13. The maximum absolute atomic E-state index is 11.5. The van der Waals surface area contributed by atoms with Crippen molar-refractivity contribution < 1.29 is 19.7 Å². The van der Waals surface area contributed by atoms with Gasteiger partial charge in [0.05, 0.1) is 15.9 Å². The van der Waals surface area contributed by atoms with Crippen molar-refractivity contribution in [2.75, 3.05) is 5.01 Å². The molecule has 10 heteroatoms. The zero-order valence-electron chi connectivity index (χ0n) is 14.5. The van der Waals surface area contributed by atoms with Crippen LogP contribution in [0, 0.1) is 26.1 Å². The van der Waals surface area contributed by atoms with E-state index >= 15 is 0 Å². The number of nitrogens with zero attached hydrogens (tertiary/aromatic N) is 4. The van der Waals surface area contributed by atoms with Crippen molar-refractivity contribution in [2.45, 2.75) is 20.1 Å². The molecule has 1 aliphatic heterocycles. The van der Waals surface area contributed by atoms with Gasteiger partial charge in [-0.15, -0.1) is 5.10 Å². The minimum Gasteiger partial charge on any atom is -0.508 e. The molecule has 0 amide bonds. The topological polar surface area (TPSA) is 131 Å². The zero-order chi connectivity index (χ0) is 19.7. The molecule has 0 radical (unpaired) electrons. The van der Waals surface area contributed by atoms with Crippen molar-refractivity contribution in [3.63, 3.8) is 0 Å². The molecule has 2 aromatic rings. The van der Waals surface area contributed by atoms with Gasteiger partial charge in [-0.3, -0.25) is 20.2 Å². The highest BCUT2D eigenvalue weighted by molar-refractivity contribution is 5.83. The Hall–Kier alpha value is -3.69. The van der Waals surface area contributed by atoms with Crippen LogP contribution in [0.15, 0.2) is 47.6 Å². The largest absolute Gasteiger partial charge is 0.508 e. The Morgan fingerprint density at radius 3 is 2.48 bits per heavy atom. The molecule has 1 aliphatic rings. The molecular weight excluding hydrogens is 356 g/mol. The van der Waals surface area contributed by atoms with E-state index in [-0.39, 0.29) is 17.4 Å². The van der Waals surface area contributed by atoms with Crippen LogP contribution in [-0.2, 0) is 4.74 Å². The molecule has 1 unspecified atom stereocenters. The molecule has 0 spiro atoms. The van der Waals surface area contributed by atoms with Crippen molar-refractivity contribution in [1.82, 2.24) is 0 Å². The number of phenolic OH excluding ortho intramolecular Hbond substituents is 1. The van der Waals surface area contributed by atoms with Gasteiger partial charge >= 0.3 is 5.69 Å². The number of non-ortho nitro benzene ring substituents is 1. The summed E-state index contributed by atoms with van der Waals surface area (Å²) in [5.41, 5.74) is -0.282. The van der Waals surface area contributed by atoms with Gasteiger partial charge in [0.2, 0.25) is 12.1 Å². The lowest BCUT2D eigenvalue weighted by Gasteiger charge is -2.22. The third-order valence-electron chi connectivity index (χ3n) is 3.92. The molecule has 0 fully saturated rings. The van der Waals surface area contributed by atoms with Crippen LogP contribution in [-0.4, -0.2) is 20.9 Å². The summed E-state index contributed by atoms with van der Waals surface area (Å²) >= 11 is 0. The van der Waals surface area contributed by atoms with E-state index in [1.54, 1.807) is 12.1 Å². The molecule has 140 valence electrons. The van der Waals surface area contributed by atoms with Crippen LogP contribution in [0.4, 0.5) is 17.1 Å². The van der Waals surface area contributed by atoms with Crippen LogP contribution in [0.25, 0.3) is 0 Å². The Labute approximate surface area is 153 Å². The van der Waals surface area contributed by atoms with E-state index in [0.29, 0.717) is 11.5 Å². The molecule has 1 heterocycles. The lowest BCUT2D eigenvalue weighted by atomic mass is 10.1. The van der Waals surface area contributed by atoms with Crippen LogP contribution in [0.3, 0.4) is 0 Å². The predicted octanol–water partition coefficient (Wildman–Crippen LogP) is 3.71. The van der Waals surface area contributed by atoms with E-state index in [9.17, 15) is 25.3 Å². The van der Waals surface area contributed by atoms with Gasteiger partial charge in [-0.2, -0.15) is 0 Å². The summed E-state index contributed by atoms with van der Waals surface area (Å²) in [5, 5.41) is 37.8. The Kier molecular flexibility index (Phi) is 4.63. The first-order valence-electron chi connectivity index (χ1n) is 8.04. The minimum absolute atomic E-state index is 0.00671. The highest BCUT2D eigenvalue weighted by Gasteiger charge is 2.36. The van der Waals surface area contributed by atoms with Crippen molar-refractivity contribution >= 4 is 23.0 Å². The summed E-state index contributed by atoms with van der Waals surface area (Å²) < 4.78 is 5.85. The number of nitro groups is 2. The van der Waals surface area contributed by atoms with Gasteiger partial charge in [-0.25, -0.2) is 5.01 Å². The van der Waals surface area contributed by atoms with Gasteiger partial charge < -0.3 is 9.84 Å². The number of benzene rings is 2. The number of hydrazone groups is 1. The number of aromatic hydroxyl groups is 1. The predicted molar refractivity (Wildman–Crippen MR) is 96.4 cm³/mol. The normalized spacial score (nSPS) is 16.2. The highest BCUT2D eigenvalue weighted by Crippen LogP contribution is 2.41. The lowest BCUT2D eigenvalue weighted by Crippen LogP contribution is -2.21. The molecule has 0 aliphatic carbocycles. The molecule has 3 rings (SSSR count). The van der Waals surface area contributed by atoms with Crippen LogP contribution in [0.5, 0.6) is 5.75 Å². The summed E-state index contributed by atoms with van der Waals surface area (Å²) in [6.45, 7) is 3.71. The highest BCUT2D eigenvalue weighted by atomic mass is 16.6. The fraction of sp³-hybridized carbons (Fsp3) is 0.235. The summed E-state index contributed by atoms with van der Waals surface area (Å²) in [7, 11) is 0. The monoisotopic (exact) mass is 372 g/mol. The van der Waals surface area contributed by atoms with E-state index < -0.39 is 27.4 Å². The molecule has 10 nitrogen and oxygen atoms in total. The number of anilines is 1. The van der Waals surface area contributed by atoms with Crippen LogP contribution >= 0.6 is 0 Å². The van der Waals surface area contributed by atoms with Gasteiger partial charge in [0, 0.05) is 17.5 Å². The fourth-order valence-corrected chi connectivity index (χ4v) is 2.63. The number of ether oxygens (including phenoxy) is 1. The van der Waals surface area contributed by atoms with Gasteiger partial charge in [-0.05, 0) is 18.2 Å². The first-order valence-corrected chi connectivity index (χ1v) is 8.04. The third kappa shape index (κ3) is 3.50. The van der Waals surface area contributed by atoms with E-state index in [0.717, 1.165) is 6.07 Å². The quantitative estimate of drug-likeness (QED) is 0.625. The number of hydrogen-bond donors (Lipinski definition) is 1. The SMILES string of the molecule is CC(C)C1=NN(c2ccc([N+](=O)[O-])cc2[N+](=O)[O-])C(c2cccc(O)c2)O1. The zero-order valence-corrected chi connectivity index (χ0v) is 14.5. The van der Waals surface area contributed by atoms with Gasteiger partial charge in [0.25, 0.3) is 5.69 Å². The van der Waals surface area contributed by atoms with Crippen LogP contribution in [0.1, 0.15) is 25.6 Å². The molecule has 1 N–H and O–H groups in total. The Morgan fingerprint density at radius 1 is 1.15 bits per heavy atom. The average Bonchev–Trinajstić information content (AvgIpc) is 3.06. The summed E-state index contributed by atoms with van der Waals surface area (Å²) in [6, 6.07) is 9.58. The summed E-state index contributed by atoms with van der Waals surface area (Å²) in [6.07, 6.45) is -0.852.